The summed E-state index contributed by atoms with van der Waals surface area (Å²) in [6.07, 6.45) is -15.2. The number of aliphatic hydroxyl groups is 6. The molecule has 67 heavy (non-hydrogen) atoms. The number of hydrogen-bond donors (Lipinski definition) is 7. The standard InChI is InChI=1S/C49H63NO17/c1-7-8-11-20-33(53)50-35(27-16-12-9-13-17-27)38(56)44(60)64-30-22-49(61)42(66-43(59)28-18-14-10-15-19-28)40-47(6,41(58)37(55)34(25(30)2)46(49,4)5)31(21-32-48(40,24-63-32)67-26(3)51)65-45-39(57)36(54)29(52)23-62-45/h9-10,12-19,29-32,35-40,42,45,52,54-57,61H,7-8,11,20-24H2,1-6H3,(H,50,53)/t29-,30+,31+,32?,35+,36+,37-,38-,39-,40?,42+,45+,47-,48+,49-/m1/s1. The van der Waals surface area contributed by atoms with Gasteiger partial charge in [-0.3, -0.25) is 14.4 Å². The number of carbonyl (C=O) groups is 5. The zero-order valence-electron chi connectivity index (χ0n) is 38.5. The second-order valence-electron chi connectivity index (χ2n) is 19.3. The molecule has 0 spiro atoms. The van der Waals surface area contributed by atoms with Crippen molar-refractivity contribution in [1.29, 1.82) is 0 Å². The molecule has 4 fully saturated rings. The predicted molar refractivity (Wildman–Crippen MR) is 233 cm³/mol. The van der Waals surface area contributed by atoms with Gasteiger partial charge in [-0.25, -0.2) is 9.59 Å². The third kappa shape index (κ3) is 8.85. The van der Waals surface area contributed by atoms with E-state index < -0.39 is 138 Å². The zero-order valence-corrected chi connectivity index (χ0v) is 38.5. The lowest BCUT2D eigenvalue weighted by Gasteiger charge is -2.68. The highest BCUT2D eigenvalue weighted by Crippen LogP contribution is 2.65. The van der Waals surface area contributed by atoms with Crippen molar-refractivity contribution < 1.29 is 83.0 Å². The molecule has 0 aromatic heterocycles. The number of aliphatic hydroxyl groups excluding tert-OH is 5. The Bertz CT molecular complexity index is 2200. The number of ether oxygens (including phenoxy) is 6. The zero-order chi connectivity index (χ0) is 48.8. The first kappa shape index (κ1) is 50.3. The highest BCUT2D eigenvalue weighted by Gasteiger charge is 2.78. The number of ketones is 1. The van der Waals surface area contributed by atoms with Crippen LogP contribution in [-0.2, 0) is 47.6 Å². The number of fused-ring (bicyclic) bond motifs is 5. The molecule has 18 heteroatoms. The number of benzene rings is 2. The fourth-order valence-corrected chi connectivity index (χ4v) is 11.1. The first-order valence-electron chi connectivity index (χ1n) is 22.9. The van der Waals surface area contributed by atoms with Gasteiger partial charge in [-0.15, -0.1) is 0 Å². The van der Waals surface area contributed by atoms with Gasteiger partial charge in [0, 0.05) is 31.6 Å². The second kappa shape index (κ2) is 19.4. The fourth-order valence-electron chi connectivity index (χ4n) is 11.1. The SMILES string of the molecule is CCCCCC(=O)N[C@@H](c1ccccc1)[C@@H](O)C(=O)O[C@H]1C[C@@]2(O)[C@@H](OC(=O)c3ccccc3)C3[C@]4(OC(C)=O)COC4C[C@H](O[C@@H]4OC[C@@H](O)[C@H](O)[C@H]4O)[C@@]3(C)C(=O)[C@H](O)C(=C1C)C2(C)C. The number of nitrogens with one attached hydrogen (secondary N) is 1. The molecule has 7 N–H and O–H groups in total. The van der Waals surface area contributed by atoms with Crippen LogP contribution in [0.25, 0.3) is 0 Å². The summed E-state index contributed by atoms with van der Waals surface area (Å²) < 4.78 is 36.7. The fraction of sp³-hybridized carbons (Fsp3) is 0.612. The molecule has 2 aromatic rings. The molecule has 2 heterocycles. The van der Waals surface area contributed by atoms with Crippen molar-refractivity contribution in [3.63, 3.8) is 0 Å². The summed E-state index contributed by atoms with van der Waals surface area (Å²) >= 11 is 0. The Labute approximate surface area is 388 Å². The van der Waals surface area contributed by atoms with Crippen LogP contribution in [-0.4, -0.2) is 146 Å². The number of unbranched alkanes of at least 4 members (excludes halogenated alkanes) is 2. The van der Waals surface area contributed by atoms with Crippen molar-refractivity contribution in [2.24, 2.45) is 16.7 Å². The van der Waals surface area contributed by atoms with E-state index in [-0.39, 0.29) is 36.2 Å². The molecule has 2 saturated carbocycles. The van der Waals surface area contributed by atoms with Crippen LogP contribution in [0.3, 0.4) is 0 Å². The van der Waals surface area contributed by atoms with Gasteiger partial charge in [0.25, 0.3) is 0 Å². The van der Waals surface area contributed by atoms with Crippen LogP contribution in [0.15, 0.2) is 71.8 Å². The summed E-state index contributed by atoms with van der Waals surface area (Å²) in [5.74, 6) is -6.02. The van der Waals surface area contributed by atoms with Gasteiger partial charge in [-0.05, 0) is 49.1 Å². The highest BCUT2D eigenvalue weighted by molar-refractivity contribution is 5.94. The maximum absolute atomic E-state index is 15.7. The number of amides is 1. The second-order valence-corrected chi connectivity index (χ2v) is 19.3. The number of hydrogen-bond acceptors (Lipinski definition) is 17. The van der Waals surface area contributed by atoms with Crippen molar-refractivity contribution in [3.8, 4) is 0 Å². The minimum atomic E-state index is -2.45. The topological polar surface area (TPSA) is 274 Å². The van der Waals surface area contributed by atoms with Crippen LogP contribution < -0.4 is 5.32 Å². The molecule has 15 atom stereocenters. The maximum atomic E-state index is 15.7. The normalized spacial score (nSPS) is 36.4. The molecule has 2 unspecified atom stereocenters. The Morgan fingerprint density at radius 1 is 0.910 bits per heavy atom. The molecular weight excluding hydrogens is 875 g/mol. The van der Waals surface area contributed by atoms with Gasteiger partial charge in [-0.2, -0.15) is 0 Å². The van der Waals surface area contributed by atoms with Gasteiger partial charge < -0.3 is 64.4 Å². The van der Waals surface area contributed by atoms with Gasteiger partial charge in [0.15, 0.2) is 23.8 Å². The Hall–Kier alpha value is -4.63. The first-order chi connectivity index (χ1) is 31.6. The van der Waals surface area contributed by atoms with Crippen LogP contribution in [0.4, 0.5) is 0 Å². The van der Waals surface area contributed by atoms with Crippen LogP contribution in [0.1, 0.15) is 102 Å². The molecule has 2 saturated heterocycles. The first-order valence-corrected chi connectivity index (χ1v) is 22.9. The predicted octanol–water partition coefficient (Wildman–Crippen LogP) is 1.89. The van der Waals surface area contributed by atoms with Crippen molar-refractivity contribution in [3.05, 3.63) is 82.9 Å². The highest BCUT2D eigenvalue weighted by atomic mass is 16.7. The summed E-state index contributed by atoms with van der Waals surface area (Å²) in [6, 6.07) is 14.8. The number of rotatable bonds is 14. The summed E-state index contributed by atoms with van der Waals surface area (Å²) in [5, 5.41) is 72.8. The van der Waals surface area contributed by atoms with E-state index in [1.807, 2.05) is 6.92 Å². The molecule has 1 amide bonds. The number of carbonyl (C=O) groups excluding carboxylic acids is 5. The summed E-state index contributed by atoms with van der Waals surface area (Å²) in [6.45, 7) is 8.25. The monoisotopic (exact) mass is 937 g/mol. The van der Waals surface area contributed by atoms with E-state index in [0.717, 1.165) is 19.8 Å². The summed E-state index contributed by atoms with van der Waals surface area (Å²) in [4.78, 5) is 70.8. The van der Waals surface area contributed by atoms with E-state index in [0.29, 0.717) is 12.0 Å². The smallest absolute Gasteiger partial charge is 0.338 e. The number of Topliss-reactive ketones (excluding diaryl/α,β-unsaturated/α-hetero) is 1. The summed E-state index contributed by atoms with van der Waals surface area (Å²) in [5.41, 5.74) is -7.69. The van der Waals surface area contributed by atoms with E-state index in [1.165, 1.54) is 39.8 Å². The Morgan fingerprint density at radius 3 is 2.18 bits per heavy atom. The minimum absolute atomic E-state index is 0.0365. The van der Waals surface area contributed by atoms with Gasteiger partial charge in [0.05, 0.1) is 42.3 Å². The molecule has 2 aromatic carbocycles. The molecule has 5 aliphatic rings. The average Bonchev–Trinajstić information content (AvgIpc) is 3.29. The molecule has 7 rings (SSSR count). The lowest BCUT2D eigenvalue weighted by molar-refractivity contribution is -0.366. The number of esters is 3. The van der Waals surface area contributed by atoms with Gasteiger partial charge in [-0.1, -0.05) is 82.1 Å². The van der Waals surface area contributed by atoms with E-state index >= 15 is 4.79 Å². The Morgan fingerprint density at radius 2 is 1.57 bits per heavy atom. The van der Waals surface area contributed by atoms with Crippen LogP contribution >= 0.6 is 0 Å². The third-order valence-corrected chi connectivity index (χ3v) is 14.9. The Kier molecular flexibility index (Phi) is 14.6. The van der Waals surface area contributed by atoms with Crippen molar-refractivity contribution in [2.75, 3.05) is 13.2 Å². The molecule has 2 bridgehead atoms. The minimum Gasteiger partial charge on any atom is -0.456 e. The maximum Gasteiger partial charge on any atom is 0.338 e. The van der Waals surface area contributed by atoms with E-state index in [4.69, 9.17) is 28.4 Å². The molecule has 0 radical (unpaired) electrons. The lowest BCUT2D eigenvalue weighted by Crippen LogP contribution is -2.82. The van der Waals surface area contributed by atoms with Gasteiger partial charge >= 0.3 is 17.9 Å². The molecule has 2 aliphatic heterocycles. The quantitative estimate of drug-likeness (QED) is 0.0617. The summed E-state index contributed by atoms with van der Waals surface area (Å²) in [7, 11) is 0. The van der Waals surface area contributed by atoms with Crippen LogP contribution in [0, 0.1) is 16.7 Å². The van der Waals surface area contributed by atoms with E-state index in [1.54, 1.807) is 48.5 Å². The van der Waals surface area contributed by atoms with Gasteiger partial charge in [0.2, 0.25) is 5.91 Å². The molecule has 18 nitrogen and oxygen atoms in total. The van der Waals surface area contributed by atoms with E-state index in [9.17, 15) is 49.8 Å². The van der Waals surface area contributed by atoms with Crippen molar-refractivity contribution in [1.82, 2.24) is 5.32 Å². The molecule has 3 aliphatic carbocycles. The third-order valence-electron chi connectivity index (χ3n) is 14.9. The van der Waals surface area contributed by atoms with Gasteiger partial charge in [0.1, 0.15) is 48.3 Å². The molecule has 366 valence electrons. The van der Waals surface area contributed by atoms with Crippen molar-refractivity contribution >= 4 is 29.6 Å². The largest absolute Gasteiger partial charge is 0.456 e. The van der Waals surface area contributed by atoms with Crippen LogP contribution in [0.5, 0.6) is 0 Å². The van der Waals surface area contributed by atoms with E-state index in [2.05, 4.69) is 5.32 Å². The Balaban J connectivity index is 1.37. The average molecular weight is 938 g/mol. The van der Waals surface area contributed by atoms with Crippen LogP contribution in [0.2, 0.25) is 0 Å². The molecular formula is C49H63NO17. The van der Waals surface area contributed by atoms with Crippen molar-refractivity contribution in [2.45, 2.75) is 159 Å². The lowest BCUT2D eigenvalue weighted by atomic mass is 9.44.